The number of aryl methyl sites for hydroxylation is 1. The fourth-order valence-corrected chi connectivity index (χ4v) is 2.06. The van der Waals surface area contributed by atoms with Gasteiger partial charge in [-0.25, -0.2) is 0 Å². The van der Waals surface area contributed by atoms with Crippen LogP contribution in [0.25, 0.3) is 0 Å². The van der Waals surface area contributed by atoms with E-state index in [-0.39, 0.29) is 12.5 Å². The van der Waals surface area contributed by atoms with Crippen LogP contribution in [-0.4, -0.2) is 30.6 Å². The maximum Gasteiger partial charge on any atom is 0.311 e. The Labute approximate surface area is 117 Å². The van der Waals surface area contributed by atoms with Crippen LogP contribution in [0.5, 0.6) is 5.75 Å². The van der Waals surface area contributed by atoms with Gasteiger partial charge < -0.3 is 15.2 Å². The molecule has 0 unspecified atom stereocenters. The van der Waals surface area contributed by atoms with Crippen molar-refractivity contribution < 1.29 is 19.4 Å². The molecular formula is C15H19NO4. The van der Waals surface area contributed by atoms with E-state index >= 15 is 0 Å². The lowest BCUT2D eigenvalue weighted by atomic mass is 10.1. The Morgan fingerprint density at radius 1 is 1.40 bits per heavy atom. The van der Waals surface area contributed by atoms with Crippen molar-refractivity contribution in [3.63, 3.8) is 0 Å². The summed E-state index contributed by atoms with van der Waals surface area (Å²) >= 11 is 0. The molecule has 1 fully saturated rings. The number of ether oxygens (including phenoxy) is 1. The van der Waals surface area contributed by atoms with Crippen molar-refractivity contribution in [2.75, 3.05) is 13.7 Å². The van der Waals surface area contributed by atoms with E-state index in [1.807, 2.05) is 24.3 Å². The summed E-state index contributed by atoms with van der Waals surface area (Å²) in [6, 6.07) is 7.57. The molecule has 0 heterocycles. The molecule has 1 aromatic carbocycles. The lowest BCUT2D eigenvalue weighted by Crippen LogP contribution is -2.34. The molecule has 5 nitrogen and oxygen atoms in total. The lowest BCUT2D eigenvalue weighted by molar-refractivity contribution is -0.143. The predicted molar refractivity (Wildman–Crippen MR) is 73.6 cm³/mol. The number of carboxylic acids is 1. The van der Waals surface area contributed by atoms with Crippen molar-refractivity contribution in [3.05, 3.63) is 29.8 Å². The zero-order valence-electron chi connectivity index (χ0n) is 11.5. The number of hydrogen-bond acceptors (Lipinski definition) is 3. The molecule has 0 bridgehead atoms. The van der Waals surface area contributed by atoms with E-state index in [1.54, 1.807) is 7.11 Å². The highest BCUT2D eigenvalue weighted by molar-refractivity contribution is 5.81. The fourth-order valence-electron chi connectivity index (χ4n) is 2.06. The molecule has 108 valence electrons. The SMILES string of the molecule is COc1cccc(CCC(=O)NCC2(C(=O)O)CC2)c1. The Morgan fingerprint density at radius 2 is 2.15 bits per heavy atom. The summed E-state index contributed by atoms with van der Waals surface area (Å²) in [6.45, 7) is 0.235. The molecule has 1 aliphatic carbocycles. The third kappa shape index (κ3) is 3.50. The summed E-state index contributed by atoms with van der Waals surface area (Å²) in [5.41, 5.74) is 0.324. The van der Waals surface area contributed by atoms with Crippen LogP contribution in [0.3, 0.4) is 0 Å². The van der Waals surface area contributed by atoms with Crippen LogP contribution in [0.1, 0.15) is 24.8 Å². The minimum absolute atomic E-state index is 0.111. The first-order valence-corrected chi connectivity index (χ1v) is 6.69. The van der Waals surface area contributed by atoms with E-state index < -0.39 is 11.4 Å². The number of carboxylic acid groups (broad SMARTS) is 1. The molecule has 2 N–H and O–H groups in total. The maximum atomic E-state index is 11.7. The Morgan fingerprint density at radius 3 is 2.75 bits per heavy atom. The van der Waals surface area contributed by atoms with Crippen LogP contribution in [0.4, 0.5) is 0 Å². The summed E-state index contributed by atoms with van der Waals surface area (Å²) in [5, 5.41) is 11.7. The first-order chi connectivity index (χ1) is 9.55. The van der Waals surface area contributed by atoms with E-state index in [9.17, 15) is 9.59 Å². The van der Waals surface area contributed by atoms with Gasteiger partial charge in [-0.2, -0.15) is 0 Å². The smallest absolute Gasteiger partial charge is 0.311 e. The highest BCUT2D eigenvalue weighted by atomic mass is 16.5. The van der Waals surface area contributed by atoms with E-state index in [1.165, 1.54) is 0 Å². The van der Waals surface area contributed by atoms with Crippen LogP contribution >= 0.6 is 0 Å². The van der Waals surface area contributed by atoms with Crippen molar-refractivity contribution in [2.24, 2.45) is 5.41 Å². The molecule has 1 saturated carbocycles. The van der Waals surface area contributed by atoms with Gasteiger partial charge in [-0.1, -0.05) is 12.1 Å². The Kier molecular flexibility index (Phi) is 4.27. The number of nitrogens with one attached hydrogen (secondary N) is 1. The first kappa shape index (κ1) is 14.4. The summed E-state index contributed by atoms with van der Waals surface area (Å²) in [4.78, 5) is 22.7. The van der Waals surface area contributed by atoms with E-state index in [0.717, 1.165) is 11.3 Å². The quantitative estimate of drug-likeness (QED) is 0.794. The molecule has 0 aliphatic heterocycles. The van der Waals surface area contributed by atoms with Crippen LogP contribution in [0.2, 0.25) is 0 Å². The van der Waals surface area contributed by atoms with Crippen molar-refractivity contribution >= 4 is 11.9 Å². The van der Waals surface area contributed by atoms with Crippen LogP contribution in [0, 0.1) is 5.41 Å². The monoisotopic (exact) mass is 277 g/mol. The number of carbonyl (C=O) groups is 2. The minimum atomic E-state index is -0.814. The van der Waals surface area contributed by atoms with E-state index in [2.05, 4.69) is 5.32 Å². The molecule has 0 spiro atoms. The van der Waals surface area contributed by atoms with Gasteiger partial charge in [-0.05, 0) is 37.0 Å². The highest BCUT2D eigenvalue weighted by Crippen LogP contribution is 2.45. The normalized spacial score (nSPS) is 15.4. The standard InChI is InChI=1S/C15H19NO4/c1-20-12-4-2-3-11(9-12)5-6-13(17)16-10-15(7-8-15)14(18)19/h2-4,9H,5-8,10H2,1H3,(H,16,17)(H,18,19). The molecule has 2 rings (SSSR count). The zero-order valence-corrected chi connectivity index (χ0v) is 11.5. The second-order valence-corrected chi connectivity index (χ2v) is 5.21. The van der Waals surface area contributed by atoms with Gasteiger partial charge in [0, 0.05) is 13.0 Å². The third-order valence-corrected chi connectivity index (χ3v) is 3.71. The molecule has 0 aromatic heterocycles. The number of aliphatic carboxylic acids is 1. The summed E-state index contributed by atoms with van der Waals surface area (Å²) in [7, 11) is 1.60. The van der Waals surface area contributed by atoms with Crippen LogP contribution < -0.4 is 10.1 Å². The highest BCUT2D eigenvalue weighted by Gasteiger charge is 2.50. The number of carbonyl (C=O) groups excluding carboxylic acids is 1. The summed E-state index contributed by atoms with van der Waals surface area (Å²) < 4.78 is 5.12. The molecule has 5 heteroatoms. The fraction of sp³-hybridized carbons (Fsp3) is 0.467. The van der Waals surface area contributed by atoms with Gasteiger partial charge in [0.1, 0.15) is 5.75 Å². The van der Waals surface area contributed by atoms with Crippen molar-refractivity contribution in [2.45, 2.75) is 25.7 Å². The minimum Gasteiger partial charge on any atom is -0.497 e. The van der Waals surface area contributed by atoms with Gasteiger partial charge in [0.15, 0.2) is 0 Å². The topological polar surface area (TPSA) is 75.6 Å². The molecule has 1 amide bonds. The molecule has 0 saturated heterocycles. The molecular weight excluding hydrogens is 258 g/mol. The van der Waals surface area contributed by atoms with E-state index in [0.29, 0.717) is 25.7 Å². The number of amides is 1. The van der Waals surface area contributed by atoms with E-state index in [4.69, 9.17) is 9.84 Å². The van der Waals surface area contributed by atoms with Gasteiger partial charge >= 0.3 is 5.97 Å². The average Bonchev–Trinajstić information content (AvgIpc) is 3.24. The zero-order chi connectivity index (χ0) is 14.6. The number of benzene rings is 1. The van der Waals surface area contributed by atoms with Gasteiger partial charge in [-0.15, -0.1) is 0 Å². The van der Waals surface area contributed by atoms with Crippen molar-refractivity contribution in [1.82, 2.24) is 5.32 Å². The maximum absolute atomic E-state index is 11.7. The number of hydrogen-bond donors (Lipinski definition) is 2. The van der Waals surface area contributed by atoms with Crippen LogP contribution in [0.15, 0.2) is 24.3 Å². The second-order valence-electron chi connectivity index (χ2n) is 5.21. The first-order valence-electron chi connectivity index (χ1n) is 6.69. The molecule has 20 heavy (non-hydrogen) atoms. The Balaban J connectivity index is 1.76. The van der Waals surface area contributed by atoms with Gasteiger partial charge in [-0.3, -0.25) is 9.59 Å². The predicted octanol–water partition coefficient (Wildman–Crippen LogP) is 1.61. The van der Waals surface area contributed by atoms with Crippen molar-refractivity contribution in [3.8, 4) is 5.75 Å². The molecule has 1 aliphatic rings. The van der Waals surface area contributed by atoms with Gasteiger partial charge in [0.05, 0.1) is 12.5 Å². The molecule has 0 atom stereocenters. The van der Waals surface area contributed by atoms with Crippen molar-refractivity contribution in [1.29, 1.82) is 0 Å². The molecule has 0 radical (unpaired) electrons. The van der Waals surface area contributed by atoms with Gasteiger partial charge in [0.25, 0.3) is 0 Å². The third-order valence-electron chi connectivity index (χ3n) is 3.71. The summed E-state index contributed by atoms with van der Waals surface area (Å²) in [5.74, 6) is -0.156. The molecule has 1 aromatic rings. The lowest BCUT2D eigenvalue weighted by Gasteiger charge is -2.11. The van der Waals surface area contributed by atoms with Crippen LogP contribution in [-0.2, 0) is 16.0 Å². The Hall–Kier alpha value is -2.04. The average molecular weight is 277 g/mol. The summed E-state index contributed by atoms with van der Waals surface area (Å²) in [6.07, 6.45) is 2.27. The number of rotatable bonds is 7. The second kappa shape index (κ2) is 5.94. The largest absolute Gasteiger partial charge is 0.497 e. The Bertz CT molecular complexity index is 508. The number of methoxy groups -OCH3 is 1. The van der Waals surface area contributed by atoms with Gasteiger partial charge in [0.2, 0.25) is 5.91 Å².